The summed E-state index contributed by atoms with van der Waals surface area (Å²) >= 11 is 1.44. The number of H-pyrrole nitrogens is 1. The third-order valence-electron chi connectivity index (χ3n) is 6.78. The number of hydrogen-bond donors (Lipinski definition) is 2. The van der Waals surface area contributed by atoms with Gasteiger partial charge in [0.25, 0.3) is 5.91 Å². The van der Waals surface area contributed by atoms with Crippen molar-refractivity contribution < 1.29 is 14.3 Å². The van der Waals surface area contributed by atoms with Crippen LogP contribution in [0.2, 0.25) is 0 Å². The van der Waals surface area contributed by atoms with Gasteiger partial charge in [-0.25, -0.2) is 4.79 Å². The topological polar surface area (TPSA) is 90.6 Å². The van der Waals surface area contributed by atoms with Crippen LogP contribution in [0.5, 0.6) is 0 Å². The summed E-state index contributed by atoms with van der Waals surface area (Å²) in [6.45, 7) is 11.1. The van der Waals surface area contributed by atoms with Crippen LogP contribution in [-0.2, 0) is 11.3 Å². The standard InChI is InChI=1S/C31H35N5O3S/c1-21-13-18-40-28(21)29(37)32-27-19-22(20-35-14-16-36(17-15-35)30(38)39-31(2,3)4)9-10-23(27)11-12-26-24-7-5-6-8-25(24)33-34-26/h5-13,18-19H,14-17,20H2,1-4H3,(H,32,37)(H,33,34)/b12-11+. The molecule has 3 heterocycles. The first-order valence-corrected chi connectivity index (χ1v) is 14.3. The van der Waals surface area contributed by atoms with Crippen LogP contribution in [0.4, 0.5) is 10.5 Å². The summed E-state index contributed by atoms with van der Waals surface area (Å²) in [6, 6.07) is 16.1. The maximum absolute atomic E-state index is 13.2. The van der Waals surface area contributed by atoms with Gasteiger partial charge in [-0.3, -0.25) is 14.8 Å². The Morgan fingerprint density at radius 1 is 1.07 bits per heavy atom. The van der Waals surface area contributed by atoms with Gasteiger partial charge in [0.2, 0.25) is 0 Å². The number of nitrogens with zero attached hydrogens (tertiary/aromatic N) is 3. The molecule has 2 aromatic heterocycles. The third kappa shape index (κ3) is 6.60. The molecule has 0 spiro atoms. The maximum atomic E-state index is 13.2. The monoisotopic (exact) mass is 557 g/mol. The van der Waals surface area contributed by atoms with Gasteiger partial charge in [0.1, 0.15) is 5.60 Å². The van der Waals surface area contributed by atoms with Crippen LogP contribution in [-0.4, -0.2) is 63.8 Å². The molecule has 1 aliphatic heterocycles. The van der Waals surface area contributed by atoms with E-state index in [1.165, 1.54) is 11.3 Å². The molecule has 8 nitrogen and oxygen atoms in total. The molecule has 0 atom stereocenters. The van der Waals surface area contributed by atoms with E-state index in [2.05, 4.69) is 26.5 Å². The molecule has 2 aromatic carbocycles. The lowest BCUT2D eigenvalue weighted by Gasteiger charge is -2.35. The molecule has 1 aliphatic rings. The van der Waals surface area contributed by atoms with E-state index in [1.807, 2.05) is 87.7 Å². The second kappa shape index (κ2) is 11.7. The number of benzene rings is 2. The van der Waals surface area contributed by atoms with Gasteiger partial charge in [0, 0.05) is 43.8 Å². The molecular formula is C31H35N5O3S. The Morgan fingerprint density at radius 2 is 1.85 bits per heavy atom. The number of carbonyl (C=O) groups is 2. The first kappa shape index (κ1) is 27.6. The molecule has 2 amide bonds. The lowest BCUT2D eigenvalue weighted by Crippen LogP contribution is -2.49. The highest BCUT2D eigenvalue weighted by Crippen LogP contribution is 2.26. The molecule has 40 heavy (non-hydrogen) atoms. The summed E-state index contributed by atoms with van der Waals surface area (Å²) in [7, 11) is 0. The number of rotatable bonds is 6. The Balaban J connectivity index is 1.33. The minimum Gasteiger partial charge on any atom is -0.444 e. The van der Waals surface area contributed by atoms with Gasteiger partial charge in [0.05, 0.1) is 16.1 Å². The van der Waals surface area contributed by atoms with Crippen molar-refractivity contribution in [3.05, 3.63) is 81.2 Å². The van der Waals surface area contributed by atoms with Gasteiger partial charge in [-0.1, -0.05) is 36.4 Å². The van der Waals surface area contributed by atoms with Crippen molar-refractivity contribution in [2.24, 2.45) is 0 Å². The van der Waals surface area contributed by atoms with Crippen molar-refractivity contribution in [1.29, 1.82) is 0 Å². The largest absolute Gasteiger partial charge is 0.444 e. The average Bonchev–Trinajstić information content (AvgIpc) is 3.54. The van der Waals surface area contributed by atoms with Crippen molar-refractivity contribution in [1.82, 2.24) is 20.0 Å². The Bertz CT molecular complexity index is 1540. The summed E-state index contributed by atoms with van der Waals surface area (Å²) in [4.78, 5) is 30.4. The average molecular weight is 558 g/mol. The fraction of sp³-hybridized carbons (Fsp3) is 0.323. The molecule has 4 aromatic rings. The number of ether oxygens (including phenoxy) is 1. The highest BCUT2D eigenvalue weighted by atomic mass is 32.1. The van der Waals surface area contributed by atoms with Crippen LogP contribution in [0.3, 0.4) is 0 Å². The van der Waals surface area contributed by atoms with Crippen molar-refractivity contribution in [3.8, 4) is 0 Å². The number of aromatic nitrogens is 2. The summed E-state index contributed by atoms with van der Waals surface area (Å²) in [6.07, 6.45) is 3.69. The molecule has 0 bridgehead atoms. The van der Waals surface area contributed by atoms with E-state index in [9.17, 15) is 9.59 Å². The normalized spacial score (nSPS) is 14.7. The van der Waals surface area contributed by atoms with E-state index in [0.717, 1.165) is 58.6 Å². The lowest BCUT2D eigenvalue weighted by atomic mass is 10.1. The Kier molecular flexibility index (Phi) is 8.04. The first-order valence-electron chi connectivity index (χ1n) is 13.5. The summed E-state index contributed by atoms with van der Waals surface area (Å²) in [5.74, 6) is -0.115. The number of para-hydroxylation sites is 1. The minimum absolute atomic E-state index is 0.115. The van der Waals surface area contributed by atoms with Gasteiger partial charge < -0.3 is 15.0 Å². The number of amides is 2. The third-order valence-corrected chi connectivity index (χ3v) is 7.80. The van der Waals surface area contributed by atoms with E-state index in [-0.39, 0.29) is 12.0 Å². The highest BCUT2D eigenvalue weighted by molar-refractivity contribution is 7.12. The van der Waals surface area contributed by atoms with E-state index in [1.54, 1.807) is 4.90 Å². The van der Waals surface area contributed by atoms with Crippen LogP contribution in [0.1, 0.15) is 52.8 Å². The quantitative estimate of drug-likeness (QED) is 0.286. The fourth-order valence-corrected chi connectivity index (χ4v) is 5.51. The van der Waals surface area contributed by atoms with Gasteiger partial charge in [-0.15, -0.1) is 11.3 Å². The second-order valence-corrected chi connectivity index (χ2v) is 12.0. The molecule has 0 saturated carbocycles. The van der Waals surface area contributed by atoms with E-state index in [4.69, 9.17) is 4.74 Å². The molecular weight excluding hydrogens is 522 g/mol. The number of piperazine rings is 1. The molecule has 5 rings (SSSR count). The number of anilines is 1. The second-order valence-electron chi connectivity index (χ2n) is 11.0. The lowest BCUT2D eigenvalue weighted by molar-refractivity contribution is 0.0139. The van der Waals surface area contributed by atoms with Crippen molar-refractivity contribution in [2.45, 2.75) is 39.8 Å². The Labute approximate surface area is 238 Å². The van der Waals surface area contributed by atoms with Gasteiger partial charge >= 0.3 is 6.09 Å². The predicted octanol–water partition coefficient (Wildman–Crippen LogP) is 6.41. The van der Waals surface area contributed by atoms with Gasteiger partial charge in [-0.2, -0.15) is 5.10 Å². The van der Waals surface area contributed by atoms with Crippen molar-refractivity contribution in [2.75, 3.05) is 31.5 Å². The molecule has 0 unspecified atom stereocenters. The van der Waals surface area contributed by atoms with Crippen LogP contribution in [0.15, 0.2) is 53.9 Å². The van der Waals surface area contributed by atoms with Crippen LogP contribution < -0.4 is 5.32 Å². The summed E-state index contributed by atoms with van der Waals surface area (Å²) in [5, 5.41) is 13.6. The highest BCUT2D eigenvalue weighted by Gasteiger charge is 2.26. The first-order chi connectivity index (χ1) is 19.2. The zero-order valence-corrected chi connectivity index (χ0v) is 24.2. The van der Waals surface area contributed by atoms with E-state index < -0.39 is 5.60 Å². The van der Waals surface area contributed by atoms with Crippen molar-refractivity contribution >= 4 is 52.1 Å². The summed E-state index contributed by atoms with van der Waals surface area (Å²) in [5.41, 5.74) is 5.01. The number of aromatic amines is 1. The van der Waals surface area contributed by atoms with Crippen LogP contribution >= 0.6 is 11.3 Å². The molecule has 208 valence electrons. The Morgan fingerprint density at radius 3 is 2.58 bits per heavy atom. The number of hydrogen-bond acceptors (Lipinski definition) is 6. The predicted molar refractivity (Wildman–Crippen MR) is 162 cm³/mol. The fourth-order valence-electron chi connectivity index (χ4n) is 4.69. The van der Waals surface area contributed by atoms with Gasteiger partial charge in [0.15, 0.2) is 0 Å². The zero-order chi connectivity index (χ0) is 28.3. The summed E-state index contributed by atoms with van der Waals surface area (Å²) < 4.78 is 5.53. The van der Waals surface area contributed by atoms with Crippen LogP contribution in [0.25, 0.3) is 23.1 Å². The van der Waals surface area contributed by atoms with Crippen LogP contribution in [0, 0.1) is 6.92 Å². The van der Waals surface area contributed by atoms with E-state index >= 15 is 0 Å². The zero-order valence-electron chi connectivity index (χ0n) is 23.4. The molecule has 1 saturated heterocycles. The Hall–Kier alpha value is -3.95. The maximum Gasteiger partial charge on any atom is 0.410 e. The van der Waals surface area contributed by atoms with E-state index in [0.29, 0.717) is 18.0 Å². The minimum atomic E-state index is -0.503. The number of fused-ring (bicyclic) bond motifs is 1. The number of thiophene rings is 1. The molecule has 0 radical (unpaired) electrons. The SMILES string of the molecule is Cc1ccsc1C(=O)Nc1cc(CN2CCN(C(=O)OC(C)(C)C)CC2)ccc1/C=C/c1n[nH]c2ccccc12. The number of aryl methyl sites for hydroxylation is 1. The van der Waals surface area contributed by atoms with Crippen molar-refractivity contribution in [3.63, 3.8) is 0 Å². The molecule has 9 heteroatoms. The number of carbonyl (C=O) groups excluding carboxylic acids is 2. The number of nitrogens with one attached hydrogen (secondary N) is 2. The molecule has 2 N–H and O–H groups in total. The smallest absolute Gasteiger partial charge is 0.410 e. The molecule has 1 fully saturated rings. The molecule has 0 aliphatic carbocycles. The van der Waals surface area contributed by atoms with Gasteiger partial charge in [-0.05, 0) is 74.0 Å².